The van der Waals surface area contributed by atoms with Crippen molar-refractivity contribution in [3.63, 3.8) is 0 Å². The van der Waals surface area contributed by atoms with E-state index in [4.69, 9.17) is 11.5 Å². The fourth-order valence-electron chi connectivity index (χ4n) is 3.80. The SMILES string of the molecule is NCCCC[C@H](N)C(=O)[S+]1CCN([C@@H](CCc2ccccc2)C(=O)O)[C@@H]1CC(=O)[O-]. The standard InChI is InChI=1S/C21H31N3O5S/c22-11-5-4-8-16(23)21(29)30-13-12-24(18(30)14-19(25)26)17(20(27)28)10-9-15-6-2-1-3-7-15/h1-3,6-7,16-18H,4-5,8-14,22-23H2,(H-,25,26,27,28)/t16-,17-,18-,30?/m0/s1. The Balaban J connectivity index is 2.12. The lowest BCUT2D eigenvalue weighted by atomic mass is 10.0. The Morgan fingerprint density at radius 2 is 1.90 bits per heavy atom. The number of unbranched alkanes of at least 4 members (excludes halogenated alkanes) is 1. The van der Waals surface area contributed by atoms with Crippen LogP contribution < -0.4 is 16.6 Å². The van der Waals surface area contributed by atoms with E-state index in [0.717, 1.165) is 18.4 Å². The molecule has 1 saturated heterocycles. The molecule has 9 heteroatoms. The number of aryl methyl sites for hydroxylation is 1. The van der Waals surface area contributed by atoms with E-state index in [1.807, 2.05) is 30.3 Å². The molecule has 1 aromatic rings. The van der Waals surface area contributed by atoms with Crippen LogP contribution in [-0.4, -0.2) is 63.4 Å². The number of nitrogens with zero attached hydrogens (tertiary/aromatic N) is 1. The van der Waals surface area contributed by atoms with Gasteiger partial charge in [-0.15, -0.1) is 0 Å². The summed E-state index contributed by atoms with van der Waals surface area (Å²) in [6.45, 7) is 0.878. The summed E-state index contributed by atoms with van der Waals surface area (Å²) in [4.78, 5) is 38.0. The molecule has 166 valence electrons. The van der Waals surface area contributed by atoms with E-state index in [-0.39, 0.29) is 11.5 Å². The van der Waals surface area contributed by atoms with Gasteiger partial charge in [0, 0.05) is 18.9 Å². The maximum Gasteiger partial charge on any atom is 0.349 e. The molecule has 1 aromatic carbocycles. The number of aliphatic carboxylic acids is 2. The smallest absolute Gasteiger partial charge is 0.349 e. The van der Waals surface area contributed by atoms with Crippen molar-refractivity contribution in [3.8, 4) is 0 Å². The summed E-state index contributed by atoms with van der Waals surface area (Å²) in [7, 11) is -0.935. The number of hydrogen-bond donors (Lipinski definition) is 3. The molecule has 1 heterocycles. The highest BCUT2D eigenvalue weighted by molar-refractivity contribution is 8.11. The zero-order valence-corrected chi connectivity index (χ0v) is 17.9. The first kappa shape index (κ1) is 24.3. The van der Waals surface area contributed by atoms with E-state index in [2.05, 4.69) is 0 Å². The second-order valence-corrected chi connectivity index (χ2v) is 9.70. The fourth-order valence-corrected chi connectivity index (χ4v) is 6.37. The molecule has 0 spiro atoms. The van der Waals surface area contributed by atoms with Crippen LogP contribution in [0.25, 0.3) is 0 Å². The zero-order chi connectivity index (χ0) is 22.1. The van der Waals surface area contributed by atoms with E-state index in [0.29, 0.717) is 38.1 Å². The fraction of sp³-hybridized carbons (Fsp3) is 0.571. The topological polar surface area (TPSA) is 150 Å². The summed E-state index contributed by atoms with van der Waals surface area (Å²) in [5, 5.41) is 20.3. The lowest BCUT2D eigenvalue weighted by molar-refractivity contribution is -0.306. The van der Waals surface area contributed by atoms with Gasteiger partial charge in [-0.25, -0.2) is 9.69 Å². The Labute approximate surface area is 180 Å². The highest BCUT2D eigenvalue weighted by Crippen LogP contribution is 2.29. The molecule has 1 aliphatic heterocycles. The van der Waals surface area contributed by atoms with Crippen LogP contribution in [0.3, 0.4) is 0 Å². The Bertz CT molecular complexity index is 718. The third-order valence-electron chi connectivity index (χ3n) is 5.37. The van der Waals surface area contributed by atoms with E-state index in [1.54, 1.807) is 4.90 Å². The van der Waals surface area contributed by atoms with Gasteiger partial charge in [0.05, 0.1) is 10.9 Å². The van der Waals surface area contributed by atoms with Crippen molar-refractivity contribution in [1.29, 1.82) is 0 Å². The number of carbonyl (C=O) groups is 3. The summed E-state index contributed by atoms with van der Waals surface area (Å²) in [6, 6.07) is 7.98. The average molecular weight is 438 g/mol. The van der Waals surface area contributed by atoms with Crippen LogP contribution in [0.5, 0.6) is 0 Å². The molecule has 0 amide bonds. The Morgan fingerprint density at radius 1 is 1.20 bits per heavy atom. The minimum Gasteiger partial charge on any atom is -0.550 e. The van der Waals surface area contributed by atoms with Gasteiger partial charge in [-0.2, -0.15) is 0 Å². The van der Waals surface area contributed by atoms with E-state index < -0.39 is 40.3 Å². The molecule has 1 unspecified atom stereocenters. The van der Waals surface area contributed by atoms with Gasteiger partial charge in [-0.1, -0.05) is 30.3 Å². The minimum atomic E-state index is -1.29. The van der Waals surface area contributed by atoms with E-state index in [1.165, 1.54) is 0 Å². The van der Waals surface area contributed by atoms with Crippen molar-refractivity contribution in [1.82, 2.24) is 4.90 Å². The first-order valence-electron chi connectivity index (χ1n) is 10.3. The normalized spacial score (nSPS) is 21.3. The largest absolute Gasteiger partial charge is 0.550 e. The van der Waals surface area contributed by atoms with Crippen LogP contribution in [-0.2, 0) is 31.7 Å². The zero-order valence-electron chi connectivity index (χ0n) is 17.1. The van der Waals surface area contributed by atoms with Crippen LogP contribution in [0.15, 0.2) is 30.3 Å². The molecule has 2 rings (SSSR count). The van der Waals surface area contributed by atoms with Gasteiger partial charge in [-0.05, 0) is 44.2 Å². The molecule has 4 atom stereocenters. The predicted molar refractivity (Wildman–Crippen MR) is 114 cm³/mol. The molecule has 0 aromatic heterocycles. The second kappa shape index (κ2) is 12.0. The number of hydrogen-bond acceptors (Lipinski definition) is 7. The van der Waals surface area contributed by atoms with E-state index in [9.17, 15) is 24.6 Å². The second-order valence-electron chi connectivity index (χ2n) is 7.49. The number of carbonyl (C=O) groups excluding carboxylic acids is 2. The van der Waals surface area contributed by atoms with Crippen molar-refractivity contribution >= 4 is 27.9 Å². The van der Waals surface area contributed by atoms with Crippen LogP contribution in [0.1, 0.15) is 37.7 Å². The first-order chi connectivity index (χ1) is 14.3. The summed E-state index contributed by atoms with van der Waals surface area (Å²) in [5.74, 6) is -1.88. The Hall–Kier alpha value is -1.94. The Morgan fingerprint density at radius 3 is 2.50 bits per heavy atom. The molecule has 0 saturated carbocycles. The number of carboxylic acids is 2. The minimum absolute atomic E-state index is 0.173. The highest BCUT2D eigenvalue weighted by Gasteiger charge is 2.52. The number of benzene rings is 1. The molecule has 5 N–H and O–H groups in total. The number of rotatable bonds is 12. The summed E-state index contributed by atoms with van der Waals surface area (Å²) >= 11 is 0. The average Bonchev–Trinajstić information content (AvgIpc) is 3.10. The van der Waals surface area contributed by atoms with Crippen molar-refractivity contribution in [2.45, 2.75) is 56.0 Å². The molecule has 0 bridgehead atoms. The van der Waals surface area contributed by atoms with Gasteiger partial charge >= 0.3 is 11.1 Å². The van der Waals surface area contributed by atoms with Crippen molar-refractivity contribution < 1.29 is 24.6 Å². The quantitative estimate of drug-likeness (QED) is 0.291. The number of nitrogens with two attached hydrogens (primary N) is 2. The summed E-state index contributed by atoms with van der Waals surface area (Å²) in [6.07, 6.45) is 2.49. The van der Waals surface area contributed by atoms with Crippen molar-refractivity contribution in [3.05, 3.63) is 35.9 Å². The molecule has 0 radical (unpaired) electrons. The molecule has 8 nitrogen and oxygen atoms in total. The Kier molecular flexibility index (Phi) is 9.77. The third-order valence-corrected chi connectivity index (χ3v) is 7.91. The molecule has 0 aliphatic carbocycles. The van der Waals surface area contributed by atoms with Crippen LogP contribution >= 0.6 is 0 Å². The summed E-state index contributed by atoms with van der Waals surface area (Å²) < 4.78 is 0. The third kappa shape index (κ3) is 6.80. The summed E-state index contributed by atoms with van der Waals surface area (Å²) in [5.41, 5.74) is 12.6. The molecule has 1 fully saturated rings. The molecule has 30 heavy (non-hydrogen) atoms. The lowest BCUT2D eigenvalue weighted by Gasteiger charge is -2.28. The maximum atomic E-state index is 12.9. The van der Waals surface area contributed by atoms with Gasteiger partial charge < -0.3 is 26.5 Å². The monoisotopic (exact) mass is 437 g/mol. The first-order valence-corrected chi connectivity index (χ1v) is 11.7. The molecule has 1 aliphatic rings. The molecular weight excluding hydrogens is 406 g/mol. The predicted octanol–water partition coefficient (Wildman–Crippen LogP) is -0.545. The van der Waals surface area contributed by atoms with E-state index >= 15 is 0 Å². The highest BCUT2D eigenvalue weighted by atomic mass is 32.2. The van der Waals surface area contributed by atoms with Crippen LogP contribution in [0, 0.1) is 0 Å². The number of carboxylic acid groups (broad SMARTS) is 2. The van der Waals surface area contributed by atoms with Crippen molar-refractivity contribution in [2.75, 3.05) is 18.8 Å². The van der Waals surface area contributed by atoms with Gasteiger partial charge in [0.2, 0.25) is 0 Å². The maximum absolute atomic E-state index is 12.9. The van der Waals surface area contributed by atoms with Crippen LogP contribution in [0.2, 0.25) is 0 Å². The van der Waals surface area contributed by atoms with Gasteiger partial charge in [0.15, 0.2) is 5.37 Å². The molecular formula is C21H31N3O5S. The lowest BCUT2D eigenvalue weighted by Crippen LogP contribution is -2.50. The van der Waals surface area contributed by atoms with Crippen molar-refractivity contribution in [2.24, 2.45) is 11.5 Å². The van der Waals surface area contributed by atoms with Gasteiger partial charge in [-0.3, -0.25) is 4.79 Å². The van der Waals surface area contributed by atoms with Gasteiger partial charge in [0.1, 0.15) is 17.8 Å². The van der Waals surface area contributed by atoms with Gasteiger partial charge in [0.25, 0.3) is 0 Å². The van der Waals surface area contributed by atoms with Crippen LogP contribution in [0.4, 0.5) is 0 Å².